The Kier molecular flexibility index (Phi) is 5.49. The Hall–Kier alpha value is -0.520. The highest BCUT2D eigenvalue weighted by Gasteiger charge is 2.23. The van der Waals surface area contributed by atoms with Gasteiger partial charge in [0.05, 0.1) is 16.0 Å². The summed E-state index contributed by atoms with van der Waals surface area (Å²) in [5.74, 6) is 0. The van der Waals surface area contributed by atoms with Crippen LogP contribution in [0.3, 0.4) is 0 Å². The maximum absolute atomic E-state index is 12.3. The van der Waals surface area contributed by atoms with Crippen LogP contribution in [-0.4, -0.2) is 32.5 Å². The fraction of sp³-hybridized carbons (Fsp3) is 0.636. The van der Waals surface area contributed by atoms with Gasteiger partial charge < -0.3 is 5.32 Å². The predicted octanol–water partition coefficient (Wildman–Crippen LogP) is 1.37. The van der Waals surface area contributed by atoms with E-state index in [0.717, 1.165) is 37.3 Å². The standard InChI is InChI=1S/C11H17N3OS.ClH/c1-8-6-9(2)14-11(13-8)16(15)10-4-3-5-12-7-10;/h6,10,12H,3-5,7H2,1-2H3;1H. The van der Waals surface area contributed by atoms with Crippen LogP contribution in [0.15, 0.2) is 11.2 Å². The van der Waals surface area contributed by atoms with Crippen molar-refractivity contribution in [2.24, 2.45) is 0 Å². The Morgan fingerprint density at radius 1 is 1.35 bits per heavy atom. The fourth-order valence-corrected chi connectivity index (χ4v) is 3.35. The van der Waals surface area contributed by atoms with Crippen LogP contribution in [0.5, 0.6) is 0 Å². The monoisotopic (exact) mass is 275 g/mol. The van der Waals surface area contributed by atoms with Crippen LogP contribution >= 0.6 is 12.4 Å². The summed E-state index contributed by atoms with van der Waals surface area (Å²) in [6, 6.07) is 1.90. The topological polar surface area (TPSA) is 54.9 Å². The molecule has 4 nitrogen and oxygen atoms in total. The third-order valence-electron chi connectivity index (χ3n) is 2.70. The van der Waals surface area contributed by atoms with E-state index in [-0.39, 0.29) is 17.7 Å². The van der Waals surface area contributed by atoms with E-state index in [1.54, 1.807) is 0 Å². The highest BCUT2D eigenvalue weighted by atomic mass is 35.5. The van der Waals surface area contributed by atoms with Gasteiger partial charge in [-0.15, -0.1) is 12.4 Å². The number of hydrogen-bond acceptors (Lipinski definition) is 4. The predicted molar refractivity (Wildman–Crippen MR) is 71.1 cm³/mol. The molecular weight excluding hydrogens is 258 g/mol. The first-order valence-electron chi connectivity index (χ1n) is 5.60. The van der Waals surface area contributed by atoms with Gasteiger partial charge in [0.25, 0.3) is 0 Å². The molecular formula is C11H18ClN3OS. The summed E-state index contributed by atoms with van der Waals surface area (Å²) in [4.78, 5) is 8.54. The van der Waals surface area contributed by atoms with E-state index in [4.69, 9.17) is 0 Å². The van der Waals surface area contributed by atoms with Gasteiger partial charge in [0.15, 0.2) is 0 Å². The van der Waals surface area contributed by atoms with E-state index in [1.165, 1.54) is 0 Å². The summed E-state index contributed by atoms with van der Waals surface area (Å²) in [5, 5.41) is 3.92. The fourth-order valence-electron chi connectivity index (χ4n) is 1.94. The molecule has 1 aliphatic rings. The van der Waals surface area contributed by atoms with Crippen molar-refractivity contribution in [3.05, 3.63) is 17.5 Å². The summed E-state index contributed by atoms with van der Waals surface area (Å²) in [5.41, 5.74) is 1.78. The Morgan fingerprint density at radius 3 is 2.53 bits per heavy atom. The maximum Gasteiger partial charge on any atom is 0.219 e. The number of piperidine rings is 1. The van der Waals surface area contributed by atoms with E-state index < -0.39 is 10.8 Å². The van der Waals surface area contributed by atoms with Crippen LogP contribution in [-0.2, 0) is 10.8 Å². The second-order valence-corrected chi connectivity index (χ2v) is 5.83. The Bertz CT molecular complexity index is 387. The SMILES string of the molecule is Cc1cc(C)nc(S(=O)C2CCCNC2)n1.Cl. The molecule has 0 radical (unpaired) electrons. The van der Waals surface area contributed by atoms with Gasteiger partial charge in [0.2, 0.25) is 5.16 Å². The summed E-state index contributed by atoms with van der Waals surface area (Å²) >= 11 is 0. The van der Waals surface area contributed by atoms with E-state index >= 15 is 0 Å². The first-order valence-corrected chi connectivity index (χ1v) is 6.81. The number of nitrogens with one attached hydrogen (secondary N) is 1. The Balaban J connectivity index is 0.00000144. The molecule has 1 fully saturated rings. The molecule has 0 amide bonds. The molecule has 2 rings (SSSR count). The second kappa shape index (κ2) is 6.42. The van der Waals surface area contributed by atoms with Crippen molar-refractivity contribution >= 4 is 23.2 Å². The summed E-state index contributed by atoms with van der Waals surface area (Å²) in [6.07, 6.45) is 2.08. The number of nitrogens with zero attached hydrogens (tertiary/aromatic N) is 2. The lowest BCUT2D eigenvalue weighted by Gasteiger charge is -2.21. The summed E-state index contributed by atoms with van der Waals surface area (Å²) in [7, 11) is -1.08. The maximum atomic E-state index is 12.3. The molecule has 0 spiro atoms. The number of rotatable bonds is 2. The molecule has 1 aromatic rings. The van der Waals surface area contributed by atoms with Crippen molar-refractivity contribution in [3.8, 4) is 0 Å². The molecule has 0 aromatic carbocycles. The molecule has 1 N–H and O–H groups in total. The van der Waals surface area contributed by atoms with Crippen LogP contribution in [0.25, 0.3) is 0 Å². The van der Waals surface area contributed by atoms with Crippen LogP contribution in [0.1, 0.15) is 24.2 Å². The number of halogens is 1. The van der Waals surface area contributed by atoms with E-state index in [2.05, 4.69) is 15.3 Å². The first kappa shape index (κ1) is 14.5. The average Bonchev–Trinajstić information content (AvgIpc) is 2.28. The smallest absolute Gasteiger partial charge is 0.219 e. The average molecular weight is 276 g/mol. The highest BCUT2D eigenvalue weighted by molar-refractivity contribution is 7.85. The molecule has 0 aliphatic carbocycles. The van der Waals surface area contributed by atoms with Gasteiger partial charge in [0.1, 0.15) is 0 Å². The summed E-state index contributed by atoms with van der Waals surface area (Å²) < 4.78 is 12.3. The molecule has 17 heavy (non-hydrogen) atoms. The van der Waals surface area contributed by atoms with E-state index in [0.29, 0.717) is 5.16 Å². The zero-order chi connectivity index (χ0) is 11.5. The van der Waals surface area contributed by atoms with Crippen LogP contribution in [0, 0.1) is 13.8 Å². The van der Waals surface area contributed by atoms with Crippen LogP contribution in [0.4, 0.5) is 0 Å². The molecule has 2 heterocycles. The van der Waals surface area contributed by atoms with Crippen LogP contribution in [0.2, 0.25) is 0 Å². The van der Waals surface area contributed by atoms with Gasteiger partial charge in [-0.05, 0) is 39.3 Å². The van der Waals surface area contributed by atoms with Gasteiger partial charge in [-0.2, -0.15) is 0 Å². The molecule has 2 unspecified atom stereocenters. The summed E-state index contributed by atoms with van der Waals surface area (Å²) in [6.45, 7) is 5.66. The van der Waals surface area contributed by atoms with Gasteiger partial charge in [0, 0.05) is 17.9 Å². The normalized spacial score (nSPS) is 21.6. The van der Waals surface area contributed by atoms with Gasteiger partial charge >= 0.3 is 0 Å². The van der Waals surface area contributed by atoms with Crippen molar-refractivity contribution in [3.63, 3.8) is 0 Å². The van der Waals surface area contributed by atoms with Gasteiger partial charge in [-0.1, -0.05) is 0 Å². The molecule has 1 aliphatic heterocycles. The molecule has 1 aromatic heterocycles. The number of aryl methyl sites for hydroxylation is 2. The minimum Gasteiger partial charge on any atom is -0.316 e. The third-order valence-corrected chi connectivity index (χ3v) is 4.25. The second-order valence-electron chi connectivity index (χ2n) is 4.20. The molecule has 6 heteroatoms. The van der Waals surface area contributed by atoms with Crippen molar-refractivity contribution in [2.45, 2.75) is 37.1 Å². The minimum absolute atomic E-state index is 0. The van der Waals surface area contributed by atoms with E-state index in [1.807, 2.05) is 19.9 Å². The molecule has 2 atom stereocenters. The molecule has 0 bridgehead atoms. The van der Waals surface area contributed by atoms with Gasteiger partial charge in [-0.3, -0.25) is 4.21 Å². The largest absolute Gasteiger partial charge is 0.316 e. The van der Waals surface area contributed by atoms with Crippen molar-refractivity contribution in [2.75, 3.05) is 13.1 Å². The molecule has 96 valence electrons. The van der Waals surface area contributed by atoms with Crippen molar-refractivity contribution in [1.29, 1.82) is 0 Å². The zero-order valence-electron chi connectivity index (χ0n) is 10.1. The zero-order valence-corrected chi connectivity index (χ0v) is 11.7. The van der Waals surface area contributed by atoms with Crippen molar-refractivity contribution in [1.82, 2.24) is 15.3 Å². The van der Waals surface area contributed by atoms with E-state index in [9.17, 15) is 4.21 Å². The lowest BCUT2D eigenvalue weighted by Crippen LogP contribution is -2.36. The number of hydrogen-bond donors (Lipinski definition) is 1. The Labute approximate surface area is 110 Å². The van der Waals surface area contributed by atoms with Gasteiger partial charge in [-0.25, -0.2) is 9.97 Å². The third kappa shape index (κ3) is 3.72. The quantitative estimate of drug-likeness (QED) is 0.829. The lowest BCUT2D eigenvalue weighted by molar-refractivity contribution is 0.517. The van der Waals surface area contributed by atoms with Crippen LogP contribution < -0.4 is 5.32 Å². The minimum atomic E-state index is -1.08. The lowest BCUT2D eigenvalue weighted by atomic mass is 10.2. The molecule has 0 saturated carbocycles. The van der Waals surface area contributed by atoms with Crippen molar-refractivity contribution < 1.29 is 4.21 Å². The highest BCUT2D eigenvalue weighted by Crippen LogP contribution is 2.14. The number of aromatic nitrogens is 2. The Morgan fingerprint density at radius 2 is 2.00 bits per heavy atom. The molecule has 1 saturated heterocycles. The first-order chi connectivity index (χ1) is 7.66.